The summed E-state index contributed by atoms with van der Waals surface area (Å²) in [7, 11) is 0. The fraction of sp³-hybridized carbons (Fsp3) is 0.353. The van der Waals surface area contributed by atoms with Crippen LogP contribution in [0.2, 0.25) is 0 Å². The van der Waals surface area contributed by atoms with Crippen LogP contribution in [0.1, 0.15) is 38.8 Å². The van der Waals surface area contributed by atoms with E-state index in [-0.39, 0.29) is 12.1 Å². The summed E-state index contributed by atoms with van der Waals surface area (Å²) in [5, 5.41) is 3.53. The van der Waals surface area contributed by atoms with Gasteiger partial charge in [0.1, 0.15) is 0 Å². The molecule has 1 atom stereocenters. The lowest BCUT2D eigenvalue weighted by Gasteiger charge is -2.21. The zero-order chi connectivity index (χ0) is 14.4. The highest BCUT2D eigenvalue weighted by atomic mass is 16.5. The Bertz CT molecular complexity index is 526. The molecule has 2 aromatic rings. The molecule has 1 heterocycles. The number of rotatable bonds is 6. The molecule has 0 bridgehead atoms. The summed E-state index contributed by atoms with van der Waals surface area (Å²) in [4.78, 5) is 4.32. The lowest BCUT2D eigenvalue weighted by Crippen LogP contribution is -2.13. The van der Waals surface area contributed by atoms with Crippen molar-refractivity contribution in [1.29, 1.82) is 0 Å². The molecule has 0 aliphatic heterocycles. The van der Waals surface area contributed by atoms with Crippen LogP contribution in [-0.2, 0) is 0 Å². The summed E-state index contributed by atoms with van der Waals surface area (Å²) in [6.07, 6.45) is 2.87. The highest BCUT2D eigenvalue weighted by Crippen LogP contribution is 2.28. The first-order chi connectivity index (χ1) is 9.70. The van der Waals surface area contributed by atoms with Gasteiger partial charge in [-0.15, -0.1) is 0 Å². The van der Waals surface area contributed by atoms with Crippen LogP contribution in [-0.4, -0.2) is 11.1 Å². The molecule has 0 aliphatic carbocycles. The molecule has 2 rings (SSSR count). The maximum atomic E-state index is 5.75. The Kier molecular flexibility index (Phi) is 4.99. The van der Waals surface area contributed by atoms with Crippen LogP contribution in [0.5, 0.6) is 5.88 Å². The minimum absolute atomic E-state index is 0.113. The Balaban J connectivity index is 2.20. The van der Waals surface area contributed by atoms with E-state index in [0.29, 0.717) is 5.88 Å². The number of nitrogens with one attached hydrogen (secondary N) is 1. The minimum Gasteiger partial charge on any atom is -0.473 e. The van der Waals surface area contributed by atoms with E-state index in [4.69, 9.17) is 4.74 Å². The van der Waals surface area contributed by atoms with Crippen molar-refractivity contribution in [2.45, 2.75) is 39.3 Å². The normalized spacial score (nSPS) is 12.2. The first-order valence-electron chi connectivity index (χ1n) is 7.14. The average Bonchev–Trinajstić information content (AvgIpc) is 2.46. The maximum Gasteiger partial charge on any atom is 0.237 e. The SMILES string of the molecule is CCC(Nc1cccnc1OC(C)C)c1ccccc1. The number of hydrogen-bond donors (Lipinski definition) is 1. The summed E-state index contributed by atoms with van der Waals surface area (Å²) >= 11 is 0. The van der Waals surface area contributed by atoms with E-state index in [9.17, 15) is 0 Å². The maximum absolute atomic E-state index is 5.75. The van der Waals surface area contributed by atoms with Crippen molar-refractivity contribution < 1.29 is 4.74 Å². The van der Waals surface area contributed by atoms with Gasteiger partial charge in [-0.1, -0.05) is 37.3 Å². The Hall–Kier alpha value is -2.03. The second-order valence-electron chi connectivity index (χ2n) is 5.04. The second kappa shape index (κ2) is 6.94. The molecule has 0 radical (unpaired) electrons. The van der Waals surface area contributed by atoms with Gasteiger partial charge in [-0.3, -0.25) is 0 Å². The summed E-state index contributed by atoms with van der Waals surface area (Å²) in [6, 6.07) is 14.6. The molecule has 0 saturated heterocycles. The van der Waals surface area contributed by atoms with Gasteiger partial charge >= 0.3 is 0 Å². The zero-order valence-electron chi connectivity index (χ0n) is 12.3. The molecule has 1 unspecified atom stereocenters. The van der Waals surface area contributed by atoms with Gasteiger partial charge in [0, 0.05) is 6.20 Å². The molecular formula is C17H22N2O. The molecule has 3 heteroatoms. The molecule has 3 nitrogen and oxygen atoms in total. The number of nitrogens with zero attached hydrogens (tertiary/aromatic N) is 1. The molecule has 0 spiro atoms. The number of benzene rings is 1. The van der Waals surface area contributed by atoms with Crippen molar-refractivity contribution in [3.63, 3.8) is 0 Å². The van der Waals surface area contributed by atoms with Crippen LogP contribution >= 0.6 is 0 Å². The molecule has 20 heavy (non-hydrogen) atoms. The fourth-order valence-corrected chi connectivity index (χ4v) is 2.11. The van der Waals surface area contributed by atoms with E-state index in [1.165, 1.54) is 5.56 Å². The van der Waals surface area contributed by atoms with Gasteiger partial charge in [0.15, 0.2) is 0 Å². The number of anilines is 1. The number of hydrogen-bond acceptors (Lipinski definition) is 3. The van der Waals surface area contributed by atoms with Crippen LogP contribution in [0.4, 0.5) is 5.69 Å². The van der Waals surface area contributed by atoms with Crippen LogP contribution in [0.25, 0.3) is 0 Å². The lowest BCUT2D eigenvalue weighted by atomic mass is 10.0. The first-order valence-corrected chi connectivity index (χ1v) is 7.14. The van der Waals surface area contributed by atoms with Crippen molar-refractivity contribution >= 4 is 5.69 Å². The van der Waals surface area contributed by atoms with Gasteiger partial charge in [0.05, 0.1) is 17.8 Å². The smallest absolute Gasteiger partial charge is 0.237 e. The van der Waals surface area contributed by atoms with Crippen molar-refractivity contribution in [2.75, 3.05) is 5.32 Å². The molecular weight excluding hydrogens is 248 g/mol. The van der Waals surface area contributed by atoms with Crippen molar-refractivity contribution in [3.05, 3.63) is 54.2 Å². The number of ether oxygens (including phenoxy) is 1. The van der Waals surface area contributed by atoms with E-state index in [1.807, 2.05) is 32.0 Å². The molecule has 0 fully saturated rings. The van der Waals surface area contributed by atoms with Crippen LogP contribution in [0, 0.1) is 0 Å². The van der Waals surface area contributed by atoms with E-state index in [0.717, 1.165) is 12.1 Å². The third-order valence-corrected chi connectivity index (χ3v) is 3.06. The van der Waals surface area contributed by atoms with Crippen molar-refractivity contribution in [1.82, 2.24) is 4.98 Å². The minimum atomic E-state index is 0.113. The van der Waals surface area contributed by atoms with Gasteiger partial charge in [-0.25, -0.2) is 4.98 Å². The second-order valence-corrected chi connectivity index (χ2v) is 5.04. The zero-order valence-corrected chi connectivity index (χ0v) is 12.3. The number of pyridine rings is 1. The average molecular weight is 270 g/mol. The van der Waals surface area contributed by atoms with Gasteiger partial charge in [0.2, 0.25) is 5.88 Å². The predicted molar refractivity (Wildman–Crippen MR) is 83.1 cm³/mol. The Morgan fingerprint density at radius 3 is 2.50 bits per heavy atom. The van der Waals surface area contributed by atoms with Crippen LogP contribution in [0.15, 0.2) is 48.7 Å². The Morgan fingerprint density at radius 2 is 1.85 bits per heavy atom. The summed E-state index contributed by atoms with van der Waals surface area (Å²) in [6.45, 7) is 6.18. The van der Waals surface area contributed by atoms with E-state index >= 15 is 0 Å². The molecule has 1 aromatic heterocycles. The van der Waals surface area contributed by atoms with Gasteiger partial charge in [-0.05, 0) is 38.0 Å². The molecule has 1 aromatic carbocycles. The molecule has 0 saturated carbocycles. The third kappa shape index (κ3) is 3.73. The van der Waals surface area contributed by atoms with E-state index in [2.05, 4.69) is 41.5 Å². The quantitative estimate of drug-likeness (QED) is 0.843. The largest absolute Gasteiger partial charge is 0.473 e. The van der Waals surface area contributed by atoms with Crippen LogP contribution < -0.4 is 10.1 Å². The highest BCUT2D eigenvalue weighted by molar-refractivity contribution is 5.53. The summed E-state index contributed by atoms with van der Waals surface area (Å²) in [5.74, 6) is 0.664. The Morgan fingerprint density at radius 1 is 1.10 bits per heavy atom. The van der Waals surface area contributed by atoms with Crippen molar-refractivity contribution in [3.8, 4) is 5.88 Å². The van der Waals surface area contributed by atoms with Gasteiger partial charge < -0.3 is 10.1 Å². The monoisotopic (exact) mass is 270 g/mol. The Labute approximate surface area is 121 Å². The molecule has 1 N–H and O–H groups in total. The standard InChI is InChI=1S/C17H22N2O/c1-4-15(14-9-6-5-7-10-14)19-16-11-8-12-18-17(16)20-13(2)3/h5-13,15,19H,4H2,1-3H3. The topological polar surface area (TPSA) is 34.2 Å². The van der Waals surface area contributed by atoms with E-state index in [1.54, 1.807) is 6.20 Å². The molecule has 0 amide bonds. The first kappa shape index (κ1) is 14.4. The summed E-state index contributed by atoms with van der Waals surface area (Å²) < 4.78 is 5.75. The summed E-state index contributed by atoms with van der Waals surface area (Å²) in [5.41, 5.74) is 2.21. The van der Waals surface area contributed by atoms with Gasteiger partial charge in [0.25, 0.3) is 0 Å². The third-order valence-electron chi connectivity index (χ3n) is 3.06. The van der Waals surface area contributed by atoms with Crippen molar-refractivity contribution in [2.24, 2.45) is 0 Å². The van der Waals surface area contributed by atoms with Crippen LogP contribution in [0.3, 0.4) is 0 Å². The number of aromatic nitrogens is 1. The highest BCUT2D eigenvalue weighted by Gasteiger charge is 2.13. The predicted octanol–water partition coefficient (Wildman–Crippen LogP) is 4.43. The van der Waals surface area contributed by atoms with Gasteiger partial charge in [-0.2, -0.15) is 0 Å². The fourth-order valence-electron chi connectivity index (χ4n) is 2.11. The molecule has 106 valence electrons. The lowest BCUT2D eigenvalue weighted by molar-refractivity contribution is 0.234. The van der Waals surface area contributed by atoms with E-state index < -0.39 is 0 Å². The molecule has 0 aliphatic rings.